The molecular formula is C47H66N2O5. The number of carbonyl (C=O) groups is 3. The van der Waals surface area contributed by atoms with Crippen LogP contribution in [0.3, 0.4) is 0 Å². The van der Waals surface area contributed by atoms with Crippen molar-refractivity contribution in [1.29, 1.82) is 0 Å². The molecule has 3 fully saturated rings. The molecule has 0 heterocycles. The van der Waals surface area contributed by atoms with E-state index in [4.69, 9.17) is 0 Å². The average Bonchev–Trinajstić information content (AvgIpc) is 3.70. The molecule has 4 N–H and O–H groups in total. The van der Waals surface area contributed by atoms with E-state index in [2.05, 4.69) is 36.6 Å². The van der Waals surface area contributed by atoms with Crippen molar-refractivity contribution < 1.29 is 24.6 Å². The number of rotatable bonds is 12. The van der Waals surface area contributed by atoms with E-state index in [0.29, 0.717) is 53.7 Å². The summed E-state index contributed by atoms with van der Waals surface area (Å²) >= 11 is 0. The number of hydrogen-bond acceptors (Lipinski definition) is 5. The highest BCUT2D eigenvalue weighted by molar-refractivity contribution is 5.95. The summed E-state index contributed by atoms with van der Waals surface area (Å²) in [6, 6.07) is 15.2. The van der Waals surface area contributed by atoms with Gasteiger partial charge in [0.1, 0.15) is 6.29 Å². The molecule has 7 heteroatoms. The molecule has 2 aromatic rings. The van der Waals surface area contributed by atoms with Crippen molar-refractivity contribution in [1.82, 2.24) is 10.6 Å². The molecule has 54 heavy (non-hydrogen) atoms. The van der Waals surface area contributed by atoms with Gasteiger partial charge in [-0.25, -0.2) is 0 Å². The first-order valence-electron chi connectivity index (χ1n) is 21.3. The molecular weight excluding hydrogens is 673 g/mol. The van der Waals surface area contributed by atoms with Crippen molar-refractivity contribution in [3.05, 3.63) is 71.0 Å². The molecule has 2 amide bonds. The van der Waals surface area contributed by atoms with E-state index < -0.39 is 12.1 Å². The first-order valence-corrected chi connectivity index (χ1v) is 21.3. The number of amides is 2. The van der Waals surface area contributed by atoms with Gasteiger partial charge in [-0.3, -0.25) is 9.59 Å². The quantitative estimate of drug-likeness (QED) is 0.162. The molecule has 4 aliphatic carbocycles. The second-order valence-electron chi connectivity index (χ2n) is 18.0. The number of nitrogens with one attached hydrogen (secondary N) is 2. The molecule has 6 rings (SSSR count). The first kappa shape index (κ1) is 40.2. The van der Waals surface area contributed by atoms with E-state index in [-0.39, 0.29) is 29.6 Å². The Kier molecular flexibility index (Phi) is 13.1. The van der Waals surface area contributed by atoms with E-state index in [1.54, 1.807) is 6.07 Å². The van der Waals surface area contributed by atoms with Gasteiger partial charge in [0.2, 0.25) is 5.91 Å². The van der Waals surface area contributed by atoms with Crippen LogP contribution < -0.4 is 10.6 Å². The second kappa shape index (κ2) is 17.6. The van der Waals surface area contributed by atoms with Gasteiger partial charge in [-0.15, -0.1) is 0 Å². The lowest BCUT2D eigenvalue weighted by Gasteiger charge is -2.36. The van der Waals surface area contributed by atoms with E-state index in [1.807, 2.05) is 44.2 Å². The normalized spacial score (nSPS) is 29.7. The van der Waals surface area contributed by atoms with Crippen LogP contribution in [0, 0.1) is 40.4 Å². The third-order valence-corrected chi connectivity index (χ3v) is 14.4. The lowest BCUT2D eigenvalue weighted by atomic mass is 9.69. The number of carbonyl (C=O) groups excluding carboxylic acids is 3. The SMILES string of the molecule is CCC1CCCC2(C(=O)NCc3cccc(-c4cccc(C(=O)NC(CC(C)C)C(O)CC=O)c4)c3)CCCC2CCC2CC23CCC(O)=C(C)C3CC1. The van der Waals surface area contributed by atoms with Gasteiger partial charge in [-0.05, 0) is 147 Å². The predicted molar refractivity (Wildman–Crippen MR) is 216 cm³/mol. The zero-order valence-electron chi connectivity index (χ0n) is 33.4. The van der Waals surface area contributed by atoms with Gasteiger partial charge in [0, 0.05) is 24.9 Å². The number of aldehydes is 1. The molecule has 7 nitrogen and oxygen atoms in total. The number of fused-ring (bicyclic) bond motifs is 1. The number of aliphatic hydroxyl groups excluding tert-OH is 2. The van der Waals surface area contributed by atoms with Crippen LogP contribution >= 0.6 is 0 Å². The summed E-state index contributed by atoms with van der Waals surface area (Å²) in [5, 5.41) is 27.7. The standard InChI is InChI=1S/C47H66N2O5/c1-5-33-11-8-22-46(23-9-15-38(46)17-18-39-29-47(39)24-20-42(51)32(4)40(47)19-16-33)45(54)48-30-34-10-6-12-35(27-34)36-13-7-14-37(28-36)44(53)49-41(26-31(2)3)43(52)21-25-50/h6-7,10,12-14,25,27-28,31,33,38-41,43,51-52H,5,8-9,11,15-24,26,29-30H2,1-4H3,(H,48,54)(H,49,53). The summed E-state index contributed by atoms with van der Waals surface area (Å²) in [7, 11) is 0. The Balaban J connectivity index is 1.14. The van der Waals surface area contributed by atoms with Crippen molar-refractivity contribution in [2.75, 3.05) is 0 Å². The van der Waals surface area contributed by atoms with Crippen LogP contribution in [0.1, 0.15) is 146 Å². The fourth-order valence-corrected chi connectivity index (χ4v) is 11.1. The van der Waals surface area contributed by atoms with Crippen LogP contribution in [0.4, 0.5) is 0 Å². The van der Waals surface area contributed by atoms with Gasteiger partial charge >= 0.3 is 0 Å². The Morgan fingerprint density at radius 1 is 0.926 bits per heavy atom. The summed E-state index contributed by atoms with van der Waals surface area (Å²) in [5.41, 5.74) is 4.73. The zero-order valence-corrected chi connectivity index (χ0v) is 33.4. The van der Waals surface area contributed by atoms with Gasteiger partial charge in [0.25, 0.3) is 5.91 Å². The molecule has 0 radical (unpaired) electrons. The largest absolute Gasteiger partial charge is 0.512 e. The molecule has 2 aromatic carbocycles. The molecule has 0 aliphatic heterocycles. The van der Waals surface area contributed by atoms with E-state index >= 15 is 0 Å². The van der Waals surface area contributed by atoms with Crippen molar-refractivity contribution in [3.8, 4) is 11.1 Å². The van der Waals surface area contributed by atoms with E-state index in [1.165, 1.54) is 44.1 Å². The molecule has 294 valence electrons. The lowest BCUT2D eigenvalue weighted by molar-refractivity contribution is -0.134. The van der Waals surface area contributed by atoms with Crippen LogP contribution in [-0.2, 0) is 16.1 Å². The Hall–Kier alpha value is -3.45. The maximum Gasteiger partial charge on any atom is 0.251 e. The van der Waals surface area contributed by atoms with Crippen LogP contribution in [-0.4, -0.2) is 40.5 Å². The summed E-state index contributed by atoms with van der Waals surface area (Å²) < 4.78 is 0. The van der Waals surface area contributed by atoms with Gasteiger partial charge in [-0.1, -0.05) is 76.8 Å². The van der Waals surface area contributed by atoms with Gasteiger partial charge in [-0.2, -0.15) is 0 Å². The molecule has 4 aliphatic rings. The average molecular weight is 739 g/mol. The summed E-state index contributed by atoms with van der Waals surface area (Å²) in [6.07, 6.45) is 16.0. The highest BCUT2D eigenvalue weighted by Gasteiger charge is 2.60. The van der Waals surface area contributed by atoms with Crippen molar-refractivity contribution in [2.24, 2.45) is 40.4 Å². The molecule has 8 unspecified atom stereocenters. The van der Waals surface area contributed by atoms with Crippen molar-refractivity contribution in [2.45, 2.75) is 149 Å². The molecule has 0 aromatic heterocycles. The Morgan fingerprint density at radius 2 is 1.65 bits per heavy atom. The second-order valence-corrected chi connectivity index (χ2v) is 18.0. The first-order chi connectivity index (χ1) is 26.0. The van der Waals surface area contributed by atoms with Gasteiger partial charge < -0.3 is 25.6 Å². The van der Waals surface area contributed by atoms with Gasteiger partial charge in [0.05, 0.1) is 23.3 Å². The predicted octanol–water partition coefficient (Wildman–Crippen LogP) is 9.87. The minimum atomic E-state index is -0.931. The Labute approximate surface area is 324 Å². The summed E-state index contributed by atoms with van der Waals surface area (Å²) in [6.45, 7) is 9.04. The monoisotopic (exact) mass is 738 g/mol. The van der Waals surface area contributed by atoms with Crippen LogP contribution in [0.25, 0.3) is 11.1 Å². The van der Waals surface area contributed by atoms with E-state index in [9.17, 15) is 24.6 Å². The number of aliphatic hydroxyl groups is 2. The lowest BCUT2D eigenvalue weighted by Crippen LogP contribution is -2.44. The fraction of sp³-hybridized carbons (Fsp3) is 0.638. The highest BCUT2D eigenvalue weighted by Crippen LogP contribution is 2.68. The molecule has 8 atom stereocenters. The molecule has 0 bridgehead atoms. The molecule has 0 saturated heterocycles. The van der Waals surface area contributed by atoms with Crippen LogP contribution in [0.5, 0.6) is 0 Å². The van der Waals surface area contributed by atoms with Crippen LogP contribution in [0.2, 0.25) is 0 Å². The maximum atomic E-state index is 14.5. The smallest absolute Gasteiger partial charge is 0.251 e. The Bertz CT molecular complexity index is 1670. The highest BCUT2D eigenvalue weighted by atomic mass is 16.3. The molecule has 1 spiro atoms. The third kappa shape index (κ3) is 8.82. The maximum absolute atomic E-state index is 14.5. The summed E-state index contributed by atoms with van der Waals surface area (Å²) in [4.78, 5) is 38.9. The molecule has 3 saturated carbocycles. The third-order valence-electron chi connectivity index (χ3n) is 14.4. The minimum Gasteiger partial charge on any atom is -0.512 e. The number of hydrogen-bond donors (Lipinski definition) is 4. The Morgan fingerprint density at radius 3 is 2.39 bits per heavy atom. The van der Waals surface area contributed by atoms with Crippen molar-refractivity contribution in [3.63, 3.8) is 0 Å². The van der Waals surface area contributed by atoms with E-state index in [0.717, 1.165) is 74.0 Å². The minimum absolute atomic E-state index is 0.0197. The number of benzene rings is 2. The fourth-order valence-electron chi connectivity index (χ4n) is 11.1. The van der Waals surface area contributed by atoms with Gasteiger partial charge in [0.15, 0.2) is 0 Å². The summed E-state index contributed by atoms with van der Waals surface area (Å²) in [5.74, 6) is 3.18. The zero-order chi connectivity index (χ0) is 38.5. The van der Waals surface area contributed by atoms with Crippen molar-refractivity contribution >= 4 is 18.1 Å². The topological polar surface area (TPSA) is 116 Å². The number of allylic oxidation sites excluding steroid dienone is 2. The van der Waals surface area contributed by atoms with Crippen LogP contribution in [0.15, 0.2) is 59.9 Å².